The van der Waals surface area contributed by atoms with Crippen molar-refractivity contribution >= 4 is 39.5 Å². The van der Waals surface area contributed by atoms with Gasteiger partial charge in [-0.05, 0) is 65.2 Å². The Hall–Kier alpha value is -2.14. The number of fused-ring (bicyclic) bond motifs is 1. The number of nitrogens with one attached hydrogen (secondary N) is 1. The van der Waals surface area contributed by atoms with Gasteiger partial charge in [-0.15, -0.1) is 0 Å². The van der Waals surface area contributed by atoms with Crippen molar-refractivity contribution in [2.75, 3.05) is 23.3 Å². The average Bonchev–Trinajstić information content (AvgIpc) is 2.68. The van der Waals surface area contributed by atoms with E-state index in [0.717, 1.165) is 23.1 Å². The number of rotatable bonds is 2. The molecule has 0 bridgehead atoms. The monoisotopic (exact) mass is 372 g/mol. The van der Waals surface area contributed by atoms with Crippen molar-refractivity contribution in [1.82, 2.24) is 0 Å². The molecule has 3 rings (SSSR count). The molecule has 2 aromatic carbocycles. The molecule has 0 saturated heterocycles. The van der Waals surface area contributed by atoms with Crippen molar-refractivity contribution in [2.45, 2.75) is 13.8 Å². The Balaban J connectivity index is 2.12. The molecule has 1 N–H and O–H groups in total. The molecule has 2 aromatic rings. The first-order valence-electron chi connectivity index (χ1n) is 7.43. The van der Waals surface area contributed by atoms with E-state index in [9.17, 15) is 9.59 Å². The lowest BCUT2D eigenvalue weighted by Crippen LogP contribution is -2.33. The third-order valence-corrected chi connectivity index (χ3v) is 4.89. The molecule has 118 valence electrons. The second-order valence-corrected chi connectivity index (χ2v) is 6.51. The fraction of sp³-hybridized carbons (Fsp3) is 0.222. The van der Waals surface area contributed by atoms with Crippen molar-refractivity contribution in [2.24, 2.45) is 0 Å². The minimum absolute atomic E-state index is 0.0886. The Bertz CT molecular complexity index is 802. The zero-order valence-electron chi connectivity index (χ0n) is 13.0. The first-order valence-corrected chi connectivity index (χ1v) is 8.23. The predicted octanol–water partition coefficient (Wildman–Crippen LogP) is 3.95. The SMILES string of the molecule is Cc1cc2c(cc1C)C(=O)N(c1cccc(Br)c1C=O)CCN2. The molecule has 0 spiro atoms. The summed E-state index contributed by atoms with van der Waals surface area (Å²) in [6.07, 6.45) is 0.784. The number of nitrogens with zero attached hydrogens (tertiary/aromatic N) is 1. The van der Waals surface area contributed by atoms with Gasteiger partial charge in [-0.3, -0.25) is 9.59 Å². The number of aldehydes is 1. The smallest absolute Gasteiger partial charge is 0.260 e. The van der Waals surface area contributed by atoms with Crippen molar-refractivity contribution < 1.29 is 9.59 Å². The van der Waals surface area contributed by atoms with E-state index in [1.165, 1.54) is 0 Å². The van der Waals surface area contributed by atoms with E-state index in [4.69, 9.17) is 0 Å². The third-order valence-electron chi connectivity index (χ3n) is 4.20. The maximum absolute atomic E-state index is 13.0. The van der Waals surface area contributed by atoms with Crippen molar-refractivity contribution in [1.29, 1.82) is 0 Å². The van der Waals surface area contributed by atoms with Crippen molar-refractivity contribution in [3.05, 3.63) is 57.1 Å². The second kappa shape index (κ2) is 6.16. The van der Waals surface area contributed by atoms with Crippen LogP contribution in [0.5, 0.6) is 0 Å². The van der Waals surface area contributed by atoms with Gasteiger partial charge in [0.2, 0.25) is 0 Å². The number of amides is 1. The summed E-state index contributed by atoms with van der Waals surface area (Å²) >= 11 is 3.38. The number of anilines is 2. The number of aryl methyl sites for hydroxylation is 2. The van der Waals surface area contributed by atoms with Gasteiger partial charge in [-0.25, -0.2) is 0 Å². The standard InChI is InChI=1S/C18H17BrN2O2/c1-11-8-13-16(9-12(11)2)20-6-7-21(18(13)23)17-5-3-4-15(19)14(17)10-22/h3-5,8-10,20H,6-7H2,1-2H3. The summed E-state index contributed by atoms with van der Waals surface area (Å²) in [6, 6.07) is 9.36. The Morgan fingerprint density at radius 1 is 1.22 bits per heavy atom. The summed E-state index contributed by atoms with van der Waals surface area (Å²) < 4.78 is 0.690. The van der Waals surface area contributed by atoms with Crippen LogP contribution in [0.4, 0.5) is 11.4 Å². The van der Waals surface area contributed by atoms with Gasteiger partial charge in [-0.2, -0.15) is 0 Å². The first kappa shape index (κ1) is 15.7. The molecule has 0 aliphatic carbocycles. The van der Waals surface area contributed by atoms with Crippen LogP contribution in [-0.4, -0.2) is 25.3 Å². The Kier molecular flexibility index (Phi) is 4.22. The molecule has 1 amide bonds. The highest BCUT2D eigenvalue weighted by Gasteiger charge is 2.26. The Morgan fingerprint density at radius 2 is 1.96 bits per heavy atom. The van der Waals surface area contributed by atoms with Crippen LogP contribution >= 0.6 is 15.9 Å². The van der Waals surface area contributed by atoms with E-state index in [0.29, 0.717) is 34.4 Å². The molecule has 1 aliphatic heterocycles. The minimum atomic E-state index is -0.0886. The van der Waals surface area contributed by atoms with E-state index in [1.807, 2.05) is 32.0 Å². The van der Waals surface area contributed by atoms with Crippen LogP contribution in [0.1, 0.15) is 31.8 Å². The van der Waals surface area contributed by atoms with Crippen molar-refractivity contribution in [3.63, 3.8) is 0 Å². The van der Waals surface area contributed by atoms with Crippen LogP contribution in [0.3, 0.4) is 0 Å². The predicted molar refractivity (Wildman–Crippen MR) is 95.6 cm³/mol. The van der Waals surface area contributed by atoms with Crippen LogP contribution < -0.4 is 10.2 Å². The topological polar surface area (TPSA) is 49.4 Å². The molecule has 23 heavy (non-hydrogen) atoms. The summed E-state index contributed by atoms with van der Waals surface area (Å²) in [5.74, 6) is -0.0886. The normalized spacial score (nSPS) is 14.0. The summed E-state index contributed by atoms with van der Waals surface area (Å²) in [7, 11) is 0. The first-order chi connectivity index (χ1) is 11.0. The molecule has 4 nitrogen and oxygen atoms in total. The van der Waals surface area contributed by atoms with E-state index in [1.54, 1.807) is 17.0 Å². The van der Waals surface area contributed by atoms with E-state index in [2.05, 4.69) is 21.2 Å². The summed E-state index contributed by atoms with van der Waals surface area (Å²) in [6.45, 7) is 5.16. The van der Waals surface area contributed by atoms with Gasteiger partial charge in [-0.1, -0.05) is 6.07 Å². The van der Waals surface area contributed by atoms with E-state index < -0.39 is 0 Å². The van der Waals surface area contributed by atoms with Gasteiger partial charge >= 0.3 is 0 Å². The Morgan fingerprint density at radius 3 is 2.70 bits per heavy atom. The highest BCUT2D eigenvalue weighted by molar-refractivity contribution is 9.10. The van der Waals surface area contributed by atoms with E-state index in [-0.39, 0.29) is 5.91 Å². The van der Waals surface area contributed by atoms with Crippen LogP contribution in [0.25, 0.3) is 0 Å². The maximum Gasteiger partial charge on any atom is 0.260 e. The molecule has 1 aliphatic rings. The number of hydrogen-bond donors (Lipinski definition) is 1. The molecule has 0 radical (unpaired) electrons. The number of halogens is 1. The zero-order valence-corrected chi connectivity index (χ0v) is 14.6. The van der Waals surface area contributed by atoms with E-state index >= 15 is 0 Å². The van der Waals surface area contributed by atoms with Crippen LogP contribution in [-0.2, 0) is 0 Å². The molecular weight excluding hydrogens is 356 g/mol. The van der Waals surface area contributed by atoms with Crippen LogP contribution in [0.15, 0.2) is 34.8 Å². The fourth-order valence-corrected chi connectivity index (χ4v) is 3.25. The summed E-state index contributed by atoms with van der Waals surface area (Å²) in [5, 5.41) is 3.31. The lowest BCUT2D eigenvalue weighted by Gasteiger charge is -2.22. The summed E-state index contributed by atoms with van der Waals surface area (Å²) in [4.78, 5) is 26.1. The third kappa shape index (κ3) is 2.77. The number of carbonyl (C=O) groups excluding carboxylic acids is 2. The van der Waals surface area contributed by atoms with Gasteiger partial charge in [0.05, 0.1) is 16.8 Å². The van der Waals surface area contributed by atoms with Crippen LogP contribution in [0.2, 0.25) is 0 Å². The zero-order chi connectivity index (χ0) is 16.6. The number of benzene rings is 2. The summed E-state index contributed by atoms with van der Waals surface area (Å²) in [5.41, 5.74) is 4.84. The quantitative estimate of drug-likeness (QED) is 0.811. The lowest BCUT2D eigenvalue weighted by molar-refractivity contribution is 0.0990. The largest absolute Gasteiger partial charge is 0.383 e. The number of carbonyl (C=O) groups is 2. The number of hydrogen-bond acceptors (Lipinski definition) is 3. The van der Waals surface area contributed by atoms with Crippen LogP contribution in [0, 0.1) is 13.8 Å². The van der Waals surface area contributed by atoms with Gasteiger partial charge < -0.3 is 10.2 Å². The molecule has 5 heteroatoms. The molecule has 0 unspecified atom stereocenters. The lowest BCUT2D eigenvalue weighted by atomic mass is 10.0. The average molecular weight is 373 g/mol. The van der Waals surface area contributed by atoms with Gasteiger partial charge in [0.15, 0.2) is 6.29 Å². The van der Waals surface area contributed by atoms with Gasteiger partial charge in [0.25, 0.3) is 5.91 Å². The maximum atomic E-state index is 13.0. The van der Waals surface area contributed by atoms with Crippen molar-refractivity contribution in [3.8, 4) is 0 Å². The molecule has 0 aromatic heterocycles. The van der Waals surface area contributed by atoms with Gasteiger partial charge in [0, 0.05) is 23.2 Å². The minimum Gasteiger partial charge on any atom is -0.383 e. The molecule has 0 saturated carbocycles. The highest BCUT2D eigenvalue weighted by atomic mass is 79.9. The molecule has 1 heterocycles. The second-order valence-electron chi connectivity index (χ2n) is 5.66. The van der Waals surface area contributed by atoms with Gasteiger partial charge in [0.1, 0.15) is 0 Å². The molecular formula is C18H17BrN2O2. The fourth-order valence-electron chi connectivity index (χ4n) is 2.80. The molecule has 0 fully saturated rings. The molecule has 0 atom stereocenters. The Labute approximate surface area is 143 Å². The highest BCUT2D eigenvalue weighted by Crippen LogP contribution is 2.31.